The van der Waals surface area contributed by atoms with Gasteiger partial charge in [-0.25, -0.2) is 8.42 Å². The van der Waals surface area contributed by atoms with Gasteiger partial charge < -0.3 is 9.64 Å². The number of thioether (sulfide) groups is 1. The van der Waals surface area contributed by atoms with Gasteiger partial charge in [-0.1, -0.05) is 18.2 Å². The van der Waals surface area contributed by atoms with Crippen LogP contribution in [0.3, 0.4) is 0 Å². The van der Waals surface area contributed by atoms with Crippen molar-refractivity contribution < 1.29 is 17.9 Å². The smallest absolute Gasteiger partial charge is 0.264 e. The number of ether oxygens (including phenoxy) is 1. The first-order valence-corrected chi connectivity index (χ1v) is 11.2. The normalized spacial score (nSPS) is 17.5. The summed E-state index contributed by atoms with van der Waals surface area (Å²) < 4.78 is 33.0. The first-order valence-electron chi connectivity index (χ1n) is 8.79. The number of anilines is 1. The molecule has 8 heteroatoms. The van der Waals surface area contributed by atoms with E-state index in [-0.39, 0.29) is 10.8 Å². The molecular formula is C19H20N2O4S2. The summed E-state index contributed by atoms with van der Waals surface area (Å²) in [6.07, 6.45) is 0. The molecule has 2 aromatic rings. The monoisotopic (exact) mass is 404 g/mol. The summed E-state index contributed by atoms with van der Waals surface area (Å²) in [7, 11) is -3.67. The summed E-state index contributed by atoms with van der Waals surface area (Å²) in [6.45, 7) is 2.54. The molecule has 0 unspecified atom stereocenters. The second kappa shape index (κ2) is 7.53. The molecule has 0 atom stereocenters. The largest absolute Gasteiger partial charge is 0.378 e. The van der Waals surface area contributed by atoms with Crippen molar-refractivity contribution >= 4 is 33.4 Å². The topological polar surface area (TPSA) is 66.9 Å². The Labute approximate surface area is 163 Å². The van der Waals surface area contributed by atoms with E-state index in [4.69, 9.17) is 4.74 Å². The standard InChI is InChI=1S/C19H20N2O4S2/c22-19(20-8-11-25-12-9-20)15-6-7-18-17(14-15)21(10-13-26-18)27(23,24)16-4-2-1-3-5-16/h1-7,14H,8-13H2. The summed E-state index contributed by atoms with van der Waals surface area (Å²) in [5.74, 6) is 0.587. The summed E-state index contributed by atoms with van der Waals surface area (Å²) in [5.41, 5.74) is 1.08. The highest BCUT2D eigenvalue weighted by molar-refractivity contribution is 8.00. The molecule has 2 aliphatic rings. The molecule has 1 amide bonds. The summed E-state index contributed by atoms with van der Waals surface area (Å²) in [6, 6.07) is 13.7. The third kappa shape index (κ3) is 3.56. The fraction of sp³-hybridized carbons (Fsp3) is 0.316. The zero-order chi connectivity index (χ0) is 18.9. The molecule has 2 aromatic carbocycles. The van der Waals surface area contributed by atoms with Crippen LogP contribution in [0.2, 0.25) is 0 Å². The van der Waals surface area contributed by atoms with Gasteiger partial charge in [0.2, 0.25) is 0 Å². The lowest BCUT2D eigenvalue weighted by Crippen LogP contribution is -2.41. The average molecular weight is 405 g/mol. The number of carbonyl (C=O) groups excluding carboxylic acids is 1. The van der Waals surface area contributed by atoms with E-state index in [0.717, 1.165) is 4.90 Å². The van der Waals surface area contributed by atoms with E-state index >= 15 is 0 Å². The van der Waals surface area contributed by atoms with Gasteiger partial charge in [0.05, 0.1) is 23.8 Å². The van der Waals surface area contributed by atoms with Crippen LogP contribution in [0.1, 0.15) is 10.4 Å². The Balaban J connectivity index is 1.70. The molecule has 2 heterocycles. The van der Waals surface area contributed by atoms with Crippen molar-refractivity contribution in [3.05, 3.63) is 54.1 Å². The fourth-order valence-corrected chi connectivity index (χ4v) is 5.89. The molecule has 1 saturated heterocycles. The highest BCUT2D eigenvalue weighted by atomic mass is 32.2. The molecule has 1 fully saturated rings. The van der Waals surface area contributed by atoms with Crippen molar-refractivity contribution in [2.45, 2.75) is 9.79 Å². The van der Waals surface area contributed by atoms with E-state index in [1.807, 2.05) is 6.07 Å². The highest BCUT2D eigenvalue weighted by Crippen LogP contribution is 2.38. The number of rotatable bonds is 3. The summed E-state index contributed by atoms with van der Waals surface area (Å²) in [5, 5.41) is 0. The zero-order valence-corrected chi connectivity index (χ0v) is 16.3. The molecule has 6 nitrogen and oxygen atoms in total. The van der Waals surface area contributed by atoms with Crippen LogP contribution in [0.5, 0.6) is 0 Å². The molecule has 142 valence electrons. The Morgan fingerprint density at radius 3 is 2.48 bits per heavy atom. The number of nitrogens with zero attached hydrogens (tertiary/aromatic N) is 2. The Morgan fingerprint density at radius 2 is 1.74 bits per heavy atom. The molecule has 4 rings (SSSR count). The minimum absolute atomic E-state index is 0.0891. The van der Waals surface area contributed by atoms with E-state index in [9.17, 15) is 13.2 Å². The van der Waals surface area contributed by atoms with Crippen LogP contribution in [0.15, 0.2) is 58.3 Å². The number of amides is 1. The van der Waals surface area contributed by atoms with Crippen molar-refractivity contribution in [3.63, 3.8) is 0 Å². The first kappa shape index (κ1) is 18.3. The van der Waals surface area contributed by atoms with Crippen molar-refractivity contribution in [1.29, 1.82) is 0 Å². The van der Waals surface area contributed by atoms with E-state index < -0.39 is 10.0 Å². The van der Waals surface area contributed by atoms with Crippen molar-refractivity contribution in [2.24, 2.45) is 0 Å². The molecule has 0 aromatic heterocycles. The molecule has 0 saturated carbocycles. The Morgan fingerprint density at radius 1 is 1.00 bits per heavy atom. The van der Waals surface area contributed by atoms with E-state index in [1.165, 1.54) is 4.31 Å². The van der Waals surface area contributed by atoms with Crippen molar-refractivity contribution in [3.8, 4) is 0 Å². The van der Waals surface area contributed by atoms with Crippen LogP contribution in [0.4, 0.5) is 5.69 Å². The Hall–Kier alpha value is -2.03. The van der Waals surface area contributed by atoms with Crippen LogP contribution in [0, 0.1) is 0 Å². The van der Waals surface area contributed by atoms with E-state index in [0.29, 0.717) is 49.9 Å². The number of fused-ring (bicyclic) bond motifs is 1. The predicted molar refractivity (Wildman–Crippen MR) is 105 cm³/mol. The van der Waals surface area contributed by atoms with Gasteiger partial charge in [-0.05, 0) is 30.3 Å². The van der Waals surface area contributed by atoms with Gasteiger partial charge in [0.25, 0.3) is 15.9 Å². The predicted octanol–water partition coefficient (Wildman–Crippen LogP) is 2.46. The lowest BCUT2D eigenvalue weighted by Gasteiger charge is -2.31. The molecule has 0 radical (unpaired) electrons. The minimum atomic E-state index is -3.67. The zero-order valence-electron chi connectivity index (χ0n) is 14.7. The molecular weight excluding hydrogens is 384 g/mol. The summed E-state index contributed by atoms with van der Waals surface area (Å²) in [4.78, 5) is 15.7. The van der Waals surface area contributed by atoms with E-state index in [2.05, 4.69) is 0 Å². The van der Waals surface area contributed by atoms with Crippen LogP contribution < -0.4 is 4.31 Å². The number of hydrogen-bond acceptors (Lipinski definition) is 5. The molecule has 0 N–H and O–H groups in total. The van der Waals surface area contributed by atoms with Gasteiger partial charge in [-0.15, -0.1) is 11.8 Å². The van der Waals surface area contributed by atoms with Gasteiger partial charge in [-0.2, -0.15) is 0 Å². The van der Waals surface area contributed by atoms with Crippen LogP contribution >= 0.6 is 11.8 Å². The van der Waals surface area contributed by atoms with Crippen LogP contribution in [0.25, 0.3) is 0 Å². The highest BCUT2D eigenvalue weighted by Gasteiger charge is 2.30. The first-order chi connectivity index (χ1) is 13.1. The number of morpholine rings is 1. The lowest BCUT2D eigenvalue weighted by atomic mass is 10.1. The molecule has 0 bridgehead atoms. The fourth-order valence-electron chi connectivity index (χ4n) is 3.24. The number of hydrogen-bond donors (Lipinski definition) is 0. The quantitative estimate of drug-likeness (QED) is 0.786. The molecule has 0 aliphatic carbocycles. The molecule has 27 heavy (non-hydrogen) atoms. The number of benzene rings is 2. The summed E-state index contributed by atoms with van der Waals surface area (Å²) >= 11 is 1.61. The maximum atomic E-state index is 13.1. The third-order valence-corrected chi connectivity index (χ3v) is 7.53. The molecule has 0 spiro atoms. The minimum Gasteiger partial charge on any atom is -0.378 e. The Kier molecular flexibility index (Phi) is 5.12. The van der Waals surface area contributed by atoms with Gasteiger partial charge in [0.15, 0.2) is 0 Å². The van der Waals surface area contributed by atoms with Gasteiger partial charge in [-0.3, -0.25) is 9.10 Å². The Bertz CT molecular complexity index is 941. The second-order valence-electron chi connectivity index (χ2n) is 6.33. The maximum absolute atomic E-state index is 13.1. The lowest BCUT2D eigenvalue weighted by molar-refractivity contribution is 0.0303. The van der Waals surface area contributed by atoms with Gasteiger partial charge in [0.1, 0.15) is 0 Å². The SMILES string of the molecule is O=C(c1ccc2c(c1)N(S(=O)(=O)c1ccccc1)CCS2)N1CCOCC1. The van der Waals surface area contributed by atoms with Gasteiger partial charge in [0, 0.05) is 35.8 Å². The number of sulfonamides is 1. The maximum Gasteiger partial charge on any atom is 0.264 e. The third-order valence-electron chi connectivity index (χ3n) is 4.66. The van der Waals surface area contributed by atoms with E-state index in [1.54, 1.807) is 59.1 Å². The number of carbonyl (C=O) groups is 1. The van der Waals surface area contributed by atoms with Crippen LogP contribution in [-0.4, -0.2) is 57.8 Å². The van der Waals surface area contributed by atoms with Crippen molar-refractivity contribution in [1.82, 2.24) is 4.90 Å². The second-order valence-corrected chi connectivity index (χ2v) is 9.32. The molecule has 2 aliphatic heterocycles. The average Bonchev–Trinajstić information content (AvgIpc) is 2.73. The van der Waals surface area contributed by atoms with Gasteiger partial charge >= 0.3 is 0 Å². The van der Waals surface area contributed by atoms with Crippen molar-refractivity contribution in [2.75, 3.05) is 42.9 Å². The van der Waals surface area contributed by atoms with Crippen LogP contribution in [-0.2, 0) is 14.8 Å².